The Morgan fingerprint density at radius 2 is 2.00 bits per heavy atom. The van der Waals surface area contributed by atoms with Gasteiger partial charge in [0, 0.05) is 12.4 Å². The Labute approximate surface area is 70.6 Å². The lowest BCUT2D eigenvalue weighted by atomic mass is 10.4. The second kappa shape index (κ2) is 4.70. The van der Waals surface area contributed by atoms with E-state index < -0.39 is 0 Å². The van der Waals surface area contributed by atoms with Crippen LogP contribution in [0.5, 0.6) is 0 Å². The minimum Gasteiger partial charge on any atom is -0.240 e. The van der Waals surface area contributed by atoms with E-state index in [1.807, 2.05) is 0 Å². The fraction of sp³-hybridized carbons (Fsp3) is 0.250. The van der Waals surface area contributed by atoms with E-state index in [2.05, 4.69) is 21.8 Å². The Morgan fingerprint density at radius 1 is 1.27 bits per heavy atom. The summed E-state index contributed by atoms with van der Waals surface area (Å²) >= 11 is 5.35. The normalized spacial score (nSPS) is 8.45. The molecule has 0 unspecified atom stereocenters. The first-order valence-electron chi connectivity index (χ1n) is 3.21. The summed E-state index contributed by atoms with van der Waals surface area (Å²) < 4.78 is 0. The molecular weight excluding hydrogens is 160 g/mol. The summed E-state index contributed by atoms with van der Waals surface area (Å²) in [5, 5.41) is 0. The molecule has 1 heterocycles. The number of hydrogen-bond acceptors (Lipinski definition) is 2. The van der Waals surface area contributed by atoms with Crippen molar-refractivity contribution >= 4 is 11.6 Å². The highest BCUT2D eigenvalue weighted by Crippen LogP contribution is 1.86. The van der Waals surface area contributed by atoms with Gasteiger partial charge in [0.15, 0.2) is 0 Å². The Balaban J connectivity index is 2.52. The fourth-order valence-electron chi connectivity index (χ4n) is 0.610. The summed E-state index contributed by atoms with van der Waals surface area (Å²) in [4.78, 5) is 7.99. The van der Waals surface area contributed by atoms with Crippen LogP contribution in [-0.4, -0.2) is 15.8 Å². The van der Waals surface area contributed by atoms with Gasteiger partial charge in [-0.2, -0.15) is 0 Å². The van der Waals surface area contributed by atoms with Crippen molar-refractivity contribution in [2.45, 2.75) is 6.42 Å². The maximum absolute atomic E-state index is 5.35. The molecule has 2 nitrogen and oxygen atoms in total. The Morgan fingerprint density at radius 3 is 2.64 bits per heavy atom. The average Bonchev–Trinajstić information content (AvgIpc) is 2.07. The molecule has 0 spiro atoms. The van der Waals surface area contributed by atoms with Gasteiger partial charge in [-0.05, 0) is 6.07 Å². The number of halogens is 1. The van der Waals surface area contributed by atoms with Crippen molar-refractivity contribution in [3.8, 4) is 11.8 Å². The summed E-state index contributed by atoms with van der Waals surface area (Å²) in [6.07, 6.45) is 3.98. The molecule has 0 aliphatic rings. The molecule has 11 heavy (non-hydrogen) atoms. The van der Waals surface area contributed by atoms with Crippen molar-refractivity contribution in [1.29, 1.82) is 0 Å². The summed E-state index contributed by atoms with van der Waals surface area (Å²) in [6, 6.07) is 1.78. The molecule has 0 bridgehead atoms. The van der Waals surface area contributed by atoms with Crippen LogP contribution in [0.2, 0.25) is 0 Å². The topological polar surface area (TPSA) is 25.8 Å². The molecule has 0 atom stereocenters. The van der Waals surface area contributed by atoms with Crippen LogP contribution in [0.4, 0.5) is 0 Å². The van der Waals surface area contributed by atoms with Crippen molar-refractivity contribution in [2.24, 2.45) is 0 Å². The van der Waals surface area contributed by atoms with Gasteiger partial charge in [-0.1, -0.05) is 11.8 Å². The number of alkyl halides is 1. The smallest absolute Gasteiger partial charge is 0.140 e. The van der Waals surface area contributed by atoms with E-state index in [-0.39, 0.29) is 0 Å². The first-order valence-corrected chi connectivity index (χ1v) is 3.74. The minimum atomic E-state index is 0.368. The van der Waals surface area contributed by atoms with E-state index in [1.165, 1.54) is 0 Å². The van der Waals surface area contributed by atoms with Crippen LogP contribution in [-0.2, 0) is 6.42 Å². The van der Waals surface area contributed by atoms with Crippen molar-refractivity contribution < 1.29 is 0 Å². The van der Waals surface area contributed by atoms with E-state index in [0.29, 0.717) is 12.3 Å². The lowest BCUT2D eigenvalue weighted by Gasteiger charge is -1.88. The van der Waals surface area contributed by atoms with Crippen LogP contribution in [0.15, 0.2) is 18.5 Å². The molecule has 1 aromatic heterocycles. The van der Waals surface area contributed by atoms with Gasteiger partial charge in [0.1, 0.15) is 5.82 Å². The molecule has 0 radical (unpaired) electrons. The molecule has 0 saturated carbocycles. The van der Waals surface area contributed by atoms with E-state index in [0.717, 1.165) is 5.82 Å². The molecule has 0 saturated heterocycles. The zero-order valence-electron chi connectivity index (χ0n) is 5.92. The van der Waals surface area contributed by atoms with Crippen molar-refractivity contribution in [2.75, 3.05) is 5.88 Å². The van der Waals surface area contributed by atoms with Crippen LogP contribution in [0.25, 0.3) is 0 Å². The molecule has 56 valence electrons. The Hall–Kier alpha value is -1.07. The Bertz CT molecular complexity index is 260. The van der Waals surface area contributed by atoms with Gasteiger partial charge in [0.05, 0.1) is 12.3 Å². The fourth-order valence-corrected chi connectivity index (χ4v) is 0.705. The second-order valence-electron chi connectivity index (χ2n) is 1.83. The number of rotatable bonds is 1. The third kappa shape index (κ3) is 3.01. The van der Waals surface area contributed by atoms with Gasteiger partial charge in [0.2, 0.25) is 0 Å². The molecule has 0 aromatic carbocycles. The van der Waals surface area contributed by atoms with Gasteiger partial charge in [-0.3, -0.25) is 0 Å². The highest BCUT2D eigenvalue weighted by atomic mass is 35.5. The quantitative estimate of drug-likeness (QED) is 0.464. The third-order valence-corrected chi connectivity index (χ3v) is 1.19. The van der Waals surface area contributed by atoms with Crippen LogP contribution in [0.3, 0.4) is 0 Å². The van der Waals surface area contributed by atoms with Crippen molar-refractivity contribution in [3.63, 3.8) is 0 Å². The highest BCUT2D eigenvalue weighted by Gasteiger charge is 1.87. The van der Waals surface area contributed by atoms with Gasteiger partial charge in [-0.25, -0.2) is 9.97 Å². The van der Waals surface area contributed by atoms with Gasteiger partial charge in [0.25, 0.3) is 0 Å². The first-order chi connectivity index (χ1) is 5.43. The molecule has 3 heteroatoms. The van der Waals surface area contributed by atoms with Crippen molar-refractivity contribution in [1.82, 2.24) is 9.97 Å². The van der Waals surface area contributed by atoms with E-state index >= 15 is 0 Å². The molecule has 0 fully saturated rings. The van der Waals surface area contributed by atoms with E-state index in [1.54, 1.807) is 18.5 Å². The molecule has 0 aliphatic carbocycles. The molecule has 0 amide bonds. The standard InChI is InChI=1S/C8H7ClN2/c9-5-2-1-4-8-10-6-3-7-11-8/h3,6-7H,4-5H2. The predicted octanol–water partition coefficient (Wildman–Crippen LogP) is 1.26. The largest absolute Gasteiger partial charge is 0.240 e. The maximum atomic E-state index is 5.35. The van der Waals surface area contributed by atoms with Gasteiger partial charge >= 0.3 is 0 Å². The minimum absolute atomic E-state index is 0.368. The molecule has 1 rings (SSSR count). The molecule has 0 N–H and O–H groups in total. The highest BCUT2D eigenvalue weighted by molar-refractivity contribution is 6.19. The van der Waals surface area contributed by atoms with E-state index in [9.17, 15) is 0 Å². The summed E-state index contributed by atoms with van der Waals surface area (Å²) in [7, 11) is 0. The third-order valence-electron chi connectivity index (χ3n) is 1.06. The monoisotopic (exact) mass is 166 g/mol. The SMILES string of the molecule is ClCC#CCc1ncccn1. The summed E-state index contributed by atoms with van der Waals surface area (Å²) in [5.41, 5.74) is 0. The second-order valence-corrected chi connectivity index (χ2v) is 2.10. The van der Waals surface area contributed by atoms with Crippen LogP contribution >= 0.6 is 11.6 Å². The van der Waals surface area contributed by atoms with E-state index in [4.69, 9.17) is 11.6 Å². The summed E-state index contributed by atoms with van der Waals surface area (Å²) in [5.74, 6) is 6.69. The Kier molecular flexibility index (Phi) is 3.43. The number of aromatic nitrogens is 2. The molecule has 1 aromatic rings. The zero-order chi connectivity index (χ0) is 7.94. The molecule has 0 aliphatic heterocycles. The number of nitrogens with zero attached hydrogens (tertiary/aromatic N) is 2. The number of hydrogen-bond donors (Lipinski definition) is 0. The average molecular weight is 167 g/mol. The van der Waals surface area contributed by atoms with Gasteiger partial charge in [-0.15, -0.1) is 11.6 Å². The summed E-state index contributed by atoms with van der Waals surface area (Å²) in [6.45, 7) is 0. The van der Waals surface area contributed by atoms with Crippen molar-refractivity contribution in [3.05, 3.63) is 24.3 Å². The van der Waals surface area contributed by atoms with Gasteiger partial charge < -0.3 is 0 Å². The maximum Gasteiger partial charge on any atom is 0.140 e. The van der Waals surface area contributed by atoms with Crippen LogP contribution in [0, 0.1) is 11.8 Å². The first kappa shape index (κ1) is 8.03. The molecular formula is C8H7ClN2. The lowest BCUT2D eigenvalue weighted by Crippen LogP contribution is -1.90. The van der Waals surface area contributed by atoms with Crippen LogP contribution in [0.1, 0.15) is 5.82 Å². The lowest BCUT2D eigenvalue weighted by molar-refractivity contribution is 1.00. The van der Waals surface area contributed by atoms with Crippen LogP contribution < -0.4 is 0 Å². The zero-order valence-corrected chi connectivity index (χ0v) is 6.67. The predicted molar refractivity (Wildman–Crippen MR) is 44.2 cm³/mol.